The Morgan fingerprint density at radius 2 is 2.05 bits per heavy atom. The minimum atomic E-state index is -0.777. The highest BCUT2D eigenvalue weighted by Crippen LogP contribution is 2.38. The van der Waals surface area contributed by atoms with Gasteiger partial charge in [-0.2, -0.15) is 0 Å². The van der Waals surface area contributed by atoms with Crippen LogP contribution in [0.5, 0.6) is 0 Å². The first-order chi connectivity index (χ1) is 9.90. The number of para-hydroxylation sites is 1. The largest absolute Gasteiger partial charge is 0.481 e. The number of hydrogen-bond donors (Lipinski definition) is 1. The quantitative estimate of drug-likeness (QED) is 0.913. The maximum atomic E-state index is 11.0. The Labute approximate surface area is 129 Å². The Kier molecular flexibility index (Phi) is 4.63. The number of aliphatic carboxylic acids is 1. The van der Waals surface area contributed by atoms with E-state index in [2.05, 4.69) is 16.0 Å². The fraction of sp³-hybridized carbons (Fsp3) is 0.375. The molecular weight excluding hydrogens is 284 g/mol. The first kappa shape index (κ1) is 15.5. The number of aryl methyl sites for hydroxylation is 1. The lowest BCUT2D eigenvalue weighted by Crippen LogP contribution is -2.10. The fourth-order valence-electron chi connectivity index (χ4n) is 2.39. The summed E-state index contributed by atoms with van der Waals surface area (Å²) in [6.45, 7) is 3.91. The number of carboxylic acids is 1. The van der Waals surface area contributed by atoms with E-state index in [-0.39, 0.29) is 12.3 Å². The van der Waals surface area contributed by atoms with Crippen molar-refractivity contribution >= 4 is 23.0 Å². The van der Waals surface area contributed by atoms with Crippen LogP contribution >= 0.6 is 11.3 Å². The number of hydrogen-bond acceptors (Lipinski definition) is 4. The molecule has 4 nitrogen and oxygen atoms in total. The van der Waals surface area contributed by atoms with Gasteiger partial charge in [0.15, 0.2) is 0 Å². The van der Waals surface area contributed by atoms with Crippen molar-refractivity contribution in [2.45, 2.75) is 26.2 Å². The van der Waals surface area contributed by atoms with Gasteiger partial charge in [-0.1, -0.05) is 25.1 Å². The van der Waals surface area contributed by atoms with E-state index in [1.807, 2.05) is 46.1 Å². The fourth-order valence-corrected chi connectivity index (χ4v) is 3.38. The molecule has 0 bridgehead atoms. The summed E-state index contributed by atoms with van der Waals surface area (Å²) in [5, 5.41) is 10.00. The zero-order chi connectivity index (χ0) is 15.6. The van der Waals surface area contributed by atoms with Gasteiger partial charge in [0, 0.05) is 36.1 Å². The van der Waals surface area contributed by atoms with Crippen molar-refractivity contribution in [3.8, 4) is 11.3 Å². The molecule has 0 radical (unpaired) electrons. The van der Waals surface area contributed by atoms with E-state index in [1.54, 1.807) is 11.3 Å². The Bertz CT molecular complexity index is 649. The highest BCUT2D eigenvalue weighted by atomic mass is 32.1. The van der Waals surface area contributed by atoms with Gasteiger partial charge in [0.1, 0.15) is 0 Å². The second kappa shape index (κ2) is 6.26. The maximum absolute atomic E-state index is 11.0. The third-order valence-electron chi connectivity index (χ3n) is 3.33. The Morgan fingerprint density at radius 1 is 1.38 bits per heavy atom. The van der Waals surface area contributed by atoms with Crippen molar-refractivity contribution in [2.75, 3.05) is 19.0 Å². The van der Waals surface area contributed by atoms with Crippen LogP contribution in [-0.2, 0) is 4.79 Å². The number of carbonyl (C=O) groups is 1. The van der Waals surface area contributed by atoms with E-state index in [0.29, 0.717) is 0 Å². The van der Waals surface area contributed by atoms with Gasteiger partial charge in [-0.15, -0.1) is 11.3 Å². The van der Waals surface area contributed by atoms with Crippen LogP contribution in [0.2, 0.25) is 0 Å². The topological polar surface area (TPSA) is 53.4 Å². The third-order valence-corrected chi connectivity index (χ3v) is 4.53. The summed E-state index contributed by atoms with van der Waals surface area (Å²) in [7, 11) is 4.00. The average Bonchev–Trinajstić information content (AvgIpc) is 2.80. The van der Waals surface area contributed by atoms with Crippen LogP contribution in [-0.4, -0.2) is 30.2 Å². The maximum Gasteiger partial charge on any atom is 0.303 e. The van der Waals surface area contributed by atoms with Gasteiger partial charge in [0.05, 0.1) is 17.1 Å². The molecule has 1 heterocycles. The molecule has 0 fully saturated rings. The smallest absolute Gasteiger partial charge is 0.303 e. The number of benzene rings is 1. The van der Waals surface area contributed by atoms with Gasteiger partial charge in [-0.25, -0.2) is 4.98 Å². The molecule has 1 unspecified atom stereocenters. The monoisotopic (exact) mass is 304 g/mol. The van der Waals surface area contributed by atoms with Crippen LogP contribution in [0, 0.1) is 6.92 Å². The van der Waals surface area contributed by atoms with Gasteiger partial charge in [-0.3, -0.25) is 4.79 Å². The summed E-state index contributed by atoms with van der Waals surface area (Å²) in [4.78, 5) is 18.7. The van der Waals surface area contributed by atoms with Crippen LogP contribution in [0.1, 0.15) is 29.1 Å². The van der Waals surface area contributed by atoms with Gasteiger partial charge in [-0.05, 0) is 13.0 Å². The molecule has 1 atom stereocenters. The lowest BCUT2D eigenvalue weighted by Gasteiger charge is -2.18. The van der Waals surface area contributed by atoms with E-state index >= 15 is 0 Å². The molecule has 0 aliphatic carbocycles. The standard InChI is InChI=1S/C16H20N2O2S/c1-10(9-14(19)20)16-15(17-11(2)21-16)12-7-5-6-8-13(12)18(3)4/h5-8,10H,9H2,1-4H3,(H,19,20). The molecule has 1 aromatic heterocycles. The Morgan fingerprint density at radius 3 is 2.67 bits per heavy atom. The van der Waals surface area contributed by atoms with Gasteiger partial charge in [0.2, 0.25) is 0 Å². The zero-order valence-electron chi connectivity index (χ0n) is 12.8. The summed E-state index contributed by atoms with van der Waals surface area (Å²) in [5.74, 6) is -0.820. The third kappa shape index (κ3) is 3.42. The Hall–Kier alpha value is -1.88. The second-order valence-electron chi connectivity index (χ2n) is 5.36. The minimum Gasteiger partial charge on any atom is -0.481 e. The van der Waals surface area contributed by atoms with Crippen molar-refractivity contribution < 1.29 is 9.90 Å². The molecule has 21 heavy (non-hydrogen) atoms. The molecule has 1 N–H and O–H groups in total. The van der Waals surface area contributed by atoms with Crippen molar-refractivity contribution in [3.05, 3.63) is 34.2 Å². The molecule has 2 aromatic rings. The first-order valence-corrected chi connectivity index (χ1v) is 7.67. The predicted molar refractivity (Wildman–Crippen MR) is 87.3 cm³/mol. The van der Waals surface area contributed by atoms with Crippen LogP contribution in [0.4, 0.5) is 5.69 Å². The summed E-state index contributed by atoms with van der Waals surface area (Å²) in [6, 6.07) is 8.08. The zero-order valence-corrected chi connectivity index (χ0v) is 13.6. The highest BCUT2D eigenvalue weighted by molar-refractivity contribution is 7.12. The normalized spacial score (nSPS) is 12.2. The number of carboxylic acid groups (broad SMARTS) is 1. The van der Waals surface area contributed by atoms with Crippen molar-refractivity contribution in [1.82, 2.24) is 4.98 Å². The van der Waals surface area contributed by atoms with Crippen molar-refractivity contribution in [3.63, 3.8) is 0 Å². The molecule has 2 rings (SSSR count). The molecule has 0 spiro atoms. The van der Waals surface area contributed by atoms with E-state index in [4.69, 9.17) is 5.11 Å². The second-order valence-corrected chi connectivity index (χ2v) is 6.59. The van der Waals surface area contributed by atoms with E-state index in [0.717, 1.165) is 26.8 Å². The molecule has 0 saturated carbocycles. The lowest BCUT2D eigenvalue weighted by molar-refractivity contribution is -0.137. The molecular formula is C16H20N2O2S. The summed E-state index contributed by atoms with van der Waals surface area (Å²) >= 11 is 1.59. The number of anilines is 1. The van der Waals surface area contributed by atoms with E-state index < -0.39 is 5.97 Å². The van der Waals surface area contributed by atoms with E-state index in [9.17, 15) is 4.79 Å². The number of aromatic nitrogens is 1. The highest BCUT2D eigenvalue weighted by Gasteiger charge is 2.21. The number of nitrogens with zero attached hydrogens (tertiary/aromatic N) is 2. The van der Waals surface area contributed by atoms with E-state index in [1.165, 1.54) is 0 Å². The Balaban J connectivity index is 2.52. The van der Waals surface area contributed by atoms with Crippen molar-refractivity contribution in [2.24, 2.45) is 0 Å². The van der Waals surface area contributed by atoms with Crippen LogP contribution < -0.4 is 4.90 Å². The molecule has 112 valence electrons. The molecule has 0 aliphatic rings. The SMILES string of the molecule is Cc1nc(-c2ccccc2N(C)C)c(C(C)CC(=O)O)s1. The average molecular weight is 304 g/mol. The lowest BCUT2D eigenvalue weighted by atomic mass is 10.00. The molecule has 0 saturated heterocycles. The van der Waals surface area contributed by atoms with Crippen LogP contribution in [0.3, 0.4) is 0 Å². The predicted octanol–water partition coefficient (Wildman–Crippen LogP) is 3.76. The van der Waals surface area contributed by atoms with Gasteiger partial charge < -0.3 is 10.0 Å². The molecule has 0 aliphatic heterocycles. The van der Waals surface area contributed by atoms with Gasteiger partial charge in [0.25, 0.3) is 0 Å². The summed E-state index contributed by atoms with van der Waals surface area (Å²) in [6.07, 6.45) is 0.124. The first-order valence-electron chi connectivity index (χ1n) is 6.86. The van der Waals surface area contributed by atoms with Crippen LogP contribution in [0.15, 0.2) is 24.3 Å². The molecule has 1 aromatic carbocycles. The number of thiazole rings is 1. The molecule has 5 heteroatoms. The van der Waals surface area contributed by atoms with Gasteiger partial charge >= 0.3 is 5.97 Å². The summed E-state index contributed by atoms with van der Waals surface area (Å²) in [5.41, 5.74) is 3.06. The molecule has 0 amide bonds. The van der Waals surface area contributed by atoms with Crippen LogP contribution in [0.25, 0.3) is 11.3 Å². The summed E-state index contributed by atoms with van der Waals surface area (Å²) < 4.78 is 0. The number of rotatable bonds is 5. The van der Waals surface area contributed by atoms with Crippen molar-refractivity contribution in [1.29, 1.82) is 0 Å². The minimum absolute atomic E-state index is 0.0427.